The first-order valence-electron chi connectivity index (χ1n) is 6.01. The Morgan fingerprint density at radius 2 is 2.00 bits per heavy atom. The van der Waals surface area contributed by atoms with Crippen LogP contribution in [0.4, 0.5) is 0 Å². The summed E-state index contributed by atoms with van der Waals surface area (Å²) in [6.07, 6.45) is 1.73. The van der Waals surface area contributed by atoms with E-state index in [-0.39, 0.29) is 6.04 Å². The summed E-state index contributed by atoms with van der Waals surface area (Å²) in [5.74, 6) is 1.55. The van der Waals surface area contributed by atoms with E-state index >= 15 is 0 Å². The first-order valence-corrected chi connectivity index (χ1v) is 6.89. The average molecular weight is 249 g/mol. The van der Waals surface area contributed by atoms with Gasteiger partial charge in [0, 0.05) is 10.9 Å². The van der Waals surface area contributed by atoms with Crippen LogP contribution >= 0.6 is 11.3 Å². The van der Waals surface area contributed by atoms with Gasteiger partial charge in [0.05, 0.1) is 12.3 Å². The molecule has 0 aliphatic heterocycles. The van der Waals surface area contributed by atoms with Gasteiger partial charge in [-0.2, -0.15) is 0 Å². The van der Waals surface area contributed by atoms with E-state index in [9.17, 15) is 0 Å². The van der Waals surface area contributed by atoms with Gasteiger partial charge in [-0.3, -0.25) is 5.32 Å². The fraction of sp³-hybridized carbons (Fsp3) is 0.429. The van der Waals surface area contributed by atoms with Gasteiger partial charge < -0.3 is 4.42 Å². The molecule has 2 aromatic heterocycles. The lowest BCUT2D eigenvalue weighted by molar-refractivity contribution is 0.344. The molecule has 0 fully saturated rings. The van der Waals surface area contributed by atoms with Crippen molar-refractivity contribution in [1.29, 1.82) is 0 Å². The normalized spacial score (nSPS) is 15.1. The summed E-state index contributed by atoms with van der Waals surface area (Å²) in [5.41, 5.74) is 0. The maximum atomic E-state index is 5.43. The Balaban J connectivity index is 2.09. The highest BCUT2D eigenvalue weighted by Crippen LogP contribution is 2.28. The molecular weight excluding hydrogens is 230 g/mol. The van der Waals surface area contributed by atoms with Gasteiger partial charge >= 0.3 is 0 Å². The van der Waals surface area contributed by atoms with Crippen molar-refractivity contribution in [1.82, 2.24) is 5.32 Å². The number of furan rings is 1. The summed E-state index contributed by atoms with van der Waals surface area (Å²) in [5, 5.41) is 5.77. The summed E-state index contributed by atoms with van der Waals surface area (Å²) < 4.78 is 5.43. The molecule has 0 aliphatic carbocycles. The zero-order valence-electron chi connectivity index (χ0n) is 10.5. The molecule has 0 amide bonds. The molecule has 0 spiro atoms. The predicted molar refractivity (Wildman–Crippen MR) is 72.2 cm³/mol. The van der Waals surface area contributed by atoms with E-state index in [1.54, 1.807) is 17.6 Å². The van der Waals surface area contributed by atoms with E-state index in [1.165, 1.54) is 4.88 Å². The molecule has 0 bridgehead atoms. The van der Waals surface area contributed by atoms with Crippen LogP contribution in [-0.4, -0.2) is 0 Å². The number of rotatable bonds is 5. The molecule has 2 aromatic rings. The SMILES string of the molecule is CC(C)C(N[C@H](C)c1ccco1)c1cccs1. The molecule has 0 aromatic carbocycles. The molecule has 17 heavy (non-hydrogen) atoms. The molecule has 92 valence electrons. The zero-order valence-corrected chi connectivity index (χ0v) is 11.3. The van der Waals surface area contributed by atoms with Crippen molar-refractivity contribution in [3.8, 4) is 0 Å². The molecule has 0 saturated heterocycles. The zero-order chi connectivity index (χ0) is 12.3. The molecule has 1 unspecified atom stereocenters. The standard InChI is InChI=1S/C14H19NOS/c1-10(2)14(13-7-5-9-17-13)15-11(3)12-6-4-8-16-12/h4-11,14-15H,1-3H3/t11-,14?/m1/s1. The molecule has 2 heterocycles. The van der Waals surface area contributed by atoms with E-state index < -0.39 is 0 Å². The minimum Gasteiger partial charge on any atom is -0.468 e. The fourth-order valence-electron chi connectivity index (χ4n) is 1.96. The van der Waals surface area contributed by atoms with Crippen molar-refractivity contribution >= 4 is 11.3 Å². The lowest BCUT2D eigenvalue weighted by Crippen LogP contribution is -2.27. The van der Waals surface area contributed by atoms with Gasteiger partial charge in [0.2, 0.25) is 0 Å². The van der Waals surface area contributed by atoms with Gasteiger partial charge in [0.15, 0.2) is 0 Å². The highest BCUT2D eigenvalue weighted by molar-refractivity contribution is 7.10. The van der Waals surface area contributed by atoms with Gasteiger partial charge in [-0.1, -0.05) is 19.9 Å². The lowest BCUT2D eigenvalue weighted by atomic mass is 10.0. The van der Waals surface area contributed by atoms with Crippen LogP contribution in [-0.2, 0) is 0 Å². The Morgan fingerprint density at radius 1 is 1.18 bits per heavy atom. The van der Waals surface area contributed by atoms with Crippen molar-refractivity contribution in [2.75, 3.05) is 0 Å². The molecule has 0 aliphatic rings. The largest absolute Gasteiger partial charge is 0.468 e. The Kier molecular flexibility index (Phi) is 4.02. The highest BCUT2D eigenvalue weighted by Gasteiger charge is 2.20. The first-order chi connectivity index (χ1) is 8.18. The minimum atomic E-state index is 0.236. The Bertz CT molecular complexity index is 419. The van der Waals surface area contributed by atoms with Crippen molar-refractivity contribution in [2.24, 2.45) is 5.92 Å². The molecule has 2 nitrogen and oxygen atoms in total. The van der Waals surface area contributed by atoms with Gasteiger partial charge in [-0.05, 0) is 36.4 Å². The second kappa shape index (κ2) is 5.52. The summed E-state index contributed by atoms with van der Waals surface area (Å²) in [7, 11) is 0. The van der Waals surface area contributed by atoms with Crippen LogP contribution in [0, 0.1) is 5.92 Å². The Hall–Kier alpha value is -1.06. The third-order valence-electron chi connectivity index (χ3n) is 2.92. The second-order valence-electron chi connectivity index (χ2n) is 4.64. The summed E-state index contributed by atoms with van der Waals surface area (Å²) >= 11 is 1.81. The van der Waals surface area contributed by atoms with Gasteiger partial charge in [-0.15, -0.1) is 11.3 Å². The Morgan fingerprint density at radius 3 is 2.53 bits per heavy atom. The first kappa shape index (κ1) is 12.4. The minimum absolute atomic E-state index is 0.236. The van der Waals surface area contributed by atoms with E-state index in [4.69, 9.17) is 4.42 Å². The topological polar surface area (TPSA) is 25.2 Å². The molecule has 0 radical (unpaired) electrons. The molecule has 1 N–H and O–H groups in total. The highest BCUT2D eigenvalue weighted by atomic mass is 32.1. The van der Waals surface area contributed by atoms with Crippen LogP contribution in [0.25, 0.3) is 0 Å². The van der Waals surface area contributed by atoms with Crippen LogP contribution in [0.2, 0.25) is 0 Å². The van der Waals surface area contributed by atoms with Crippen LogP contribution in [0.5, 0.6) is 0 Å². The quantitative estimate of drug-likeness (QED) is 0.850. The van der Waals surface area contributed by atoms with E-state index in [0.717, 1.165) is 5.76 Å². The van der Waals surface area contributed by atoms with Gasteiger partial charge in [-0.25, -0.2) is 0 Å². The van der Waals surface area contributed by atoms with E-state index in [2.05, 4.69) is 43.6 Å². The Labute approximate surface area is 107 Å². The van der Waals surface area contributed by atoms with Crippen molar-refractivity contribution in [2.45, 2.75) is 32.9 Å². The molecule has 0 saturated carbocycles. The average Bonchev–Trinajstić information content (AvgIpc) is 2.97. The summed E-state index contributed by atoms with van der Waals surface area (Å²) in [6, 6.07) is 8.87. The maximum Gasteiger partial charge on any atom is 0.120 e. The van der Waals surface area contributed by atoms with Crippen LogP contribution in [0.3, 0.4) is 0 Å². The third kappa shape index (κ3) is 2.99. The third-order valence-corrected chi connectivity index (χ3v) is 3.87. The predicted octanol–water partition coefficient (Wildman–Crippen LogP) is 4.39. The molecular formula is C14H19NOS. The molecule has 2 rings (SSSR count). The van der Waals surface area contributed by atoms with Crippen molar-refractivity contribution in [3.05, 3.63) is 46.5 Å². The number of hydrogen-bond donors (Lipinski definition) is 1. The molecule has 2 atom stereocenters. The van der Waals surface area contributed by atoms with Crippen molar-refractivity contribution in [3.63, 3.8) is 0 Å². The number of hydrogen-bond acceptors (Lipinski definition) is 3. The summed E-state index contributed by atoms with van der Waals surface area (Å²) in [4.78, 5) is 1.39. The van der Waals surface area contributed by atoms with Crippen molar-refractivity contribution < 1.29 is 4.42 Å². The maximum absolute atomic E-state index is 5.43. The monoisotopic (exact) mass is 249 g/mol. The smallest absolute Gasteiger partial charge is 0.120 e. The van der Waals surface area contributed by atoms with Crippen LogP contribution in [0.1, 0.15) is 43.5 Å². The van der Waals surface area contributed by atoms with Gasteiger partial charge in [0.1, 0.15) is 5.76 Å². The van der Waals surface area contributed by atoms with Crippen LogP contribution < -0.4 is 5.32 Å². The fourth-order valence-corrected chi connectivity index (χ4v) is 2.92. The lowest BCUT2D eigenvalue weighted by Gasteiger charge is -2.24. The number of nitrogens with one attached hydrogen (secondary N) is 1. The van der Waals surface area contributed by atoms with Gasteiger partial charge in [0.25, 0.3) is 0 Å². The second-order valence-corrected chi connectivity index (χ2v) is 5.62. The summed E-state index contributed by atoms with van der Waals surface area (Å²) in [6.45, 7) is 6.63. The van der Waals surface area contributed by atoms with Crippen LogP contribution in [0.15, 0.2) is 40.3 Å². The van der Waals surface area contributed by atoms with E-state index in [1.807, 2.05) is 12.1 Å². The number of thiophene rings is 1. The van der Waals surface area contributed by atoms with E-state index in [0.29, 0.717) is 12.0 Å². The molecule has 3 heteroatoms.